The van der Waals surface area contributed by atoms with E-state index in [1.807, 2.05) is 6.92 Å². The van der Waals surface area contributed by atoms with Crippen LogP contribution in [0.1, 0.15) is 84.0 Å². The number of alkyl halides is 7. The molecule has 8 heteroatoms. The van der Waals surface area contributed by atoms with Crippen LogP contribution in [0.2, 0.25) is 0 Å². The maximum Gasteiger partial charge on any atom is 0.442 e. The molecule has 3 rings (SSSR count). The Labute approximate surface area is 185 Å². The Morgan fingerprint density at radius 3 is 1.91 bits per heavy atom. The second-order valence-electron chi connectivity index (χ2n) is 10.6. The van der Waals surface area contributed by atoms with Crippen molar-refractivity contribution in [1.29, 1.82) is 0 Å². The lowest BCUT2D eigenvalue weighted by Crippen LogP contribution is -2.43. The summed E-state index contributed by atoms with van der Waals surface area (Å²) in [6.07, 6.45) is -1.27. The minimum Gasteiger partial charge on any atom is -0.207 e. The first kappa shape index (κ1) is 25.8. The van der Waals surface area contributed by atoms with Crippen molar-refractivity contribution in [3.63, 3.8) is 0 Å². The molecule has 0 amide bonds. The van der Waals surface area contributed by atoms with Crippen molar-refractivity contribution in [3.8, 4) is 0 Å². The maximum absolute atomic E-state index is 14.9. The van der Waals surface area contributed by atoms with E-state index in [4.69, 9.17) is 0 Å². The summed E-state index contributed by atoms with van der Waals surface area (Å²) in [6, 6.07) is 0. The minimum atomic E-state index is -4.99. The van der Waals surface area contributed by atoms with E-state index in [0.717, 1.165) is 0 Å². The second-order valence-corrected chi connectivity index (χ2v) is 10.6. The van der Waals surface area contributed by atoms with Gasteiger partial charge in [0, 0.05) is 24.7 Å². The molecule has 0 heterocycles. The third-order valence-corrected chi connectivity index (χ3v) is 8.29. The molecule has 3 aliphatic rings. The summed E-state index contributed by atoms with van der Waals surface area (Å²) >= 11 is 0. The van der Waals surface area contributed by atoms with E-state index in [9.17, 15) is 35.1 Å². The predicted octanol–water partition coefficient (Wildman–Crippen LogP) is 9.11. The van der Waals surface area contributed by atoms with Gasteiger partial charge in [-0.2, -0.15) is 13.2 Å². The molecule has 0 nitrogen and oxygen atoms in total. The Morgan fingerprint density at radius 1 is 0.812 bits per heavy atom. The van der Waals surface area contributed by atoms with Crippen LogP contribution in [0, 0.1) is 35.5 Å². The van der Waals surface area contributed by atoms with Gasteiger partial charge in [0.2, 0.25) is 0 Å². The van der Waals surface area contributed by atoms with E-state index >= 15 is 0 Å². The van der Waals surface area contributed by atoms with Crippen LogP contribution >= 0.6 is 0 Å². The van der Waals surface area contributed by atoms with E-state index < -0.39 is 54.4 Å². The topological polar surface area (TPSA) is 0 Å². The van der Waals surface area contributed by atoms with Crippen LogP contribution < -0.4 is 0 Å². The summed E-state index contributed by atoms with van der Waals surface area (Å²) in [5.74, 6) is -11.0. The van der Waals surface area contributed by atoms with Gasteiger partial charge in [0.1, 0.15) is 0 Å². The molecule has 0 N–H and O–H groups in total. The molecule has 0 bridgehead atoms. The monoisotopic (exact) mass is 474 g/mol. The van der Waals surface area contributed by atoms with Gasteiger partial charge in [-0.15, -0.1) is 0 Å². The first-order valence-corrected chi connectivity index (χ1v) is 12.0. The Kier molecular flexibility index (Phi) is 7.91. The molecule has 3 aliphatic carbocycles. The maximum atomic E-state index is 14.9. The third kappa shape index (κ3) is 6.40. The number of rotatable bonds is 5. The van der Waals surface area contributed by atoms with Crippen LogP contribution in [0.5, 0.6) is 0 Å². The number of hydrogen-bond acceptors (Lipinski definition) is 0. The summed E-state index contributed by atoms with van der Waals surface area (Å²) in [4.78, 5) is 0. The van der Waals surface area contributed by atoms with Crippen molar-refractivity contribution in [2.45, 2.75) is 102 Å². The summed E-state index contributed by atoms with van der Waals surface area (Å²) in [5, 5.41) is 0. The summed E-state index contributed by atoms with van der Waals surface area (Å²) < 4.78 is 110. The van der Waals surface area contributed by atoms with Crippen molar-refractivity contribution in [2.75, 3.05) is 0 Å². The van der Waals surface area contributed by atoms with Gasteiger partial charge in [-0.3, -0.25) is 0 Å². The van der Waals surface area contributed by atoms with Gasteiger partial charge < -0.3 is 0 Å². The fraction of sp³-hybridized carbons (Fsp3) is 0.917. The SMILES string of the molecule is CC1CCC(C(F)(F)CC2CCC(C3CCC(C=C(F)C(F)(F)F)CC3)CC2(F)F)CC1. The van der Waals surface area contributed by atoms with Crippen LogP contribution in [-0.4, -0.2) is 18.0 Å². The first-order valence-electron chi connectivity index (χ1n) is 12.0. The van der Waals surface area contributed by atoms with Crippen LogP contribution in [0.25, 0.3) is 0 Å². The highest BCUT2D eigenvalue weighted by molar-refractivity contribution is 5.03. The zero-order valence-electron chi connectivity index (χ0n) is 18.6. The molecule has 3 saturated carbocycles. The largest absolute Gasteiger partial charge is 0.442 e. The van der Waals surface area contributed by atoms with Crippen LogP contribution in [0.15, 0.2) is 11.9 Å². The van der Waals surface area contributed by atoms with Gasteiger partial charge in [-0.05, 0) is 81.1 Å². The lowest BCUT2D eigenvalue weighted by molar-refractivity contribution is -0.161. The number of hydrogen-bond donors (Lipinski definition) is 0. The standard InChI is InChI=1S/C24H34F8/c1-15-2-9-19(10-3-15)23(28,29)14-20-11-8-18(13-22(20,26)27)17-6-4-16(5-7-17)12-21(25)24(30,31)32/h12,15-20H,2-11,13-14H2,1H3. The molecule has 0 aromatic rings. The highest BCUT2D eigenvalue weighted by atomic mass is 19.4. The smallest absolute Gasteiger partial charge is 0.207 e. The van der Waals surface area contributed by atoms with E-state index in [1.54, 1.807) is 0 Å². The zero-order chi connectivity index (χ0) is 23.7. The molecule has 0 aromatic carbocycles. The normalized spacial score (nSPS) is 37.3. The fourth-order valence-electron chi connectivity index (χ4n) is 6.16. The van der Waals surface area contributed by atoms with Crippen molar-refractivity contribution >= 4 is 0 Å². The average Bonchev–Trinajstić information content (AvgIpc) is 2.69. The molecule has 2 atom stereocenters. The number of allylic oxidation sites excluding steroid dienone is 2. The lowest BCUT2D eigenvalue weighted by atomic mass is 9.66. The van der Waals surface area contributed by atoms with E-state index in [0.29, 0.717) is 69.8 Å². The van der Waals surface area contributed by atoms with Crippen LogP contribution in [0.4, 0.5) is 35.1 Å². The molecule has 3 fully saturated rings. The third-order valence-electron chi connectivity index (χ3n) is 8.29. The summed E-state index contributed by atoms with van der Waals surface area (Å²) in [7, 11) is 0. The highest BCUT2D eigenvalue weighted by Gasteiger charge is 2.52. The van der Waals surface area contributed by atoms with E-state index in [2.05, 4.69) is 0 Å². The van der Waals surface area contributed by atoms with Gasteiger partial charge in [0.05, 0.1) is 0 Å². The quantitative estimate of drug-likeness (QED) is 0.349. The molecule has 0 spiro atoms. The first-order chi connectivity index (χ1) is 14.8. The van der Waals surface area contributed by atoms with Gasteiger partial charge in [0.15, 0.2) is 5.83 Å². The Bertz CT molecular complexity index is 637. The molecular formula is C24H34F8. The Balaban J connectivity index is 1.52. The predicted molar refractivity (Wildman–Crippen MR) is 107 cm³/mol. The van der Waals surface area contributed by atoms with Gasteiger partial charge >= 0.3 is 6.18 Å². The van der Waals surface area contributed by atoms with Crippen molar-refractivity contribution in [3.05, 3.63) is 11.9 Å². The Hall–Kier alpha value is -0.820. The van der Waals surface area contributed by atoms with Gasteiger partial charge in [-0.25, -0.2) is 22.0 Å². The van der Waals surface area contributed by atoms with E-state index in [1.165, 1.54) is 0 Å². The van der Waals surface area contributed by atoms with Crippen LogP contribution in [0.3, 0.4) is 0 Å². The summed E-state index contributed by atoms with van der Waals surface area (Å²) in [6.45, 7) is 2.03. The van der Waals surface area contributed by atoms with Crippen molar-refractivity contribution in [1.82, 2.24) is 0 Å². The van der Waals surface area contributed by atoms with Gasteiger partial charge in [-0.1, -0.05) is 19.8 Å². The van der Waals surface area contributed by atoms with Crippen molar-refractivity contribution < 1.29 is 35.1 Å². The Morgan fingerprint density at radius 2 is 1.38 bits per heavy atom. The highest BCUT2D eigenvalue weighted by Crippen LogP contribution is 2.52. The summed E-state index contributed by atoms with van der Waals surface area (Å²) in [5.41, 5.74) is 0. The van der Waals surface area contributed by atoms with Crippen LogP contribution in [-0.2, 0) is 0 Å². The number of halogens is 8. The molecular weight excluding hydrogens is 440 g/mol. The van der Waals surface area contributed by atoms with Gasteiger partial charge in [0.25, 0.3) is 11.8 Å². The molecule has 186 valence electrons. The second kappa shape index (κ2) is 9.81. The van der Waals surface area contributed by atoms with Crippen molar-refractivity contribution in [2.24, 2.45) is 35.5 Å². The molecule has 0 aromatic heterocycles. The lowest BCUT2D eigenvalue weighted by Gasteiger charge is -2.43. The average molecular weight is 475 g/mol. The molecule has 0 radical (unpaired) electrons. The zero-order valence-corrected chi connectivity index (χ0v) is 18.6. The molecule has 0 aliphatic heterocycles. The minimum absolute atomic E-state index is 0.0545. The molecule has 2 unspecified atom stereocenters. The fourth-order valence-corrected chi connectivity index (χ4v) is 6.16. The molecule has 0 saturated heterocycles. The molecule has 32 heavy (non-hydrogen) atoms. The van der Waals surface area contributed by atoms with E-state index in [-0.39, 0.29) is 18.3 Å².